The summed E-state index contributed by atoms with van der Waals surface area (Å²) in [5, 5.41) is 6.30. The van der Waals surface area contributed by atoms with E-state index in [1.165, 1.54) is 0 Å². The summed E-state index contributed by atoms with van der Waals surface area (Å²) in [5.41, 5.74) is 0. The summed E-state index contributed by atoms with van der Waals surface area (Å²) in [7, 11) is -6.44. The molecule has 0 bridgehead atoms. The van der Waals surface area contributed by atoms with Crippen molar-refractivity contribution in [3.8, 4) is 0 Å². The zero-order valence-corrected chi connectivity index (χ0v) is 27.0. The number of nitrogens with zero attached hydrogens (tertiary/aromatic N) is 2. The maximum absolute atomic E-state index is 2.92. The van der Waals surface area contributed by atoms with Gasteiger partial charge in [0.05, 0.1) is 7.83 Å². The van der Waals surface area contributed by atoms with Crippen molar-refractivity contribution in [1.82, 2.24) is 9.13 Å². The van der Waals surface area contributed by atoms with E-state index in [-0.39, 0.29) is 0 Å². The fraction of sp³-hybridized carbons (Fsp3) is 0.273. The molecule has 0 amide bonds. The van der Waals surface area contributed by atoms with E-state index >= 15 is 0 Å². The lowest BCUT2D eigenvalue weighted by Crippen LogP contribution is -2.91. The van der Waals surface area contributed by atoms with Crippen molar-refractivity contribution in [2.75, 3.05) is 26.2 Å². The first-order valence-electron chi connectivity index (χ1n) is 14.3. The molecule has 0 saturated carbocycles. The molecule has 0 atom stereocenters. The van der Waals surface area contributed by atoms with Crippen LogP contribution in [0, 0.1) is 0 Å². The maximum atomic E-state index is 2.92. The number of benzene rings is 4. The van der Waals surface area contributed by atoms with Gasteiger partial charge in [0.15, 0.2) is 15.5 Å². The Bertz CT molecular complexity index is 1050. The Hall–Kier alpha value is -2.55. The number of rotatable bonds is 12. The van der Waals surface area contributed by atoms with Gasteiger partial charge in [-0.05, 0) is 46.9 Å². The Morgan fingerprint density at radius 2 is 0.632 bits per heavy atom. The van der Waals surface area contributed by atoms with Crippen molar-refractivity contribution in [2.24, 2.45) is 0 Å². The normalized spacial score (nSPS) is 12.4. The summed E-state index contributed by atoms with van der Waals surface area (Å²) in [6.07, 6.45) is 0. The Balaban J connectivity index is 2.21. The molecule has 4 rings (SSSR count). The molecule has 5 heteroatoms. The lowest BCUT2D eigenvalue weighted by molar-refractivity contribution is 0.479. The fourth-order valence-corrected chi connectivity index (χ4v) is 48.1. The molecule has 38 heavy (non-hydrogen) atoms. The van der Waals surface area contributed by atoms with Crippen molar-refractivity contribution in [3.05, 3.63) is 121 Å². The van der Waals surface area contributed by atoms with Crippen molar-refractivity contribution in [3.63, 3.8) is 0 Å². The summed E-state index contributed by atoms with van der Waals surface area (Å²) >= 11 is 0. The molecule has 2 nitrogen and oxygen atoms in total. The zero-order valence-electron chi connectivity index (χ0n) is 23.8. The van der Waals surface area contributed by atoms with Crippen molar-refractivity contribution < 1.29 is 0 Å². The van der Waals surface area contributed by atoms with Gasteiger partial charge in [-0.3, -0.25) is 0 Å². The van der Waals surface area contributed by atoms with Gasteiger partial charge in [-0.15, -0.1) is 0 Å². The van der Waals surface area contributed by atoms with E-state index in [0.29, 0.717) is 0 Å². The van der Waals surface area contributed by atoms with Crippen LogP contribution in [0.2, 0.25) is 6.55 Å². The highest BCUT2D eigenvalue weighted by atomic mass is 29.6. The van der Waals surface area contributed by atoms with Crippen LogP contribution in [0.5, 0.6) is 0 Å². The van der Waals surface area contributed by atoms with Crippen LogP contribution in [0.1, 0.15) is 27.7 Å². The number of hydrogen-bond acceptors (Lipinski definition) is 2. The maximum Gasteiger partial charge on any atom is 0.175 e. The summed E-state index contributed by atoms with van der Waals surface area (Å²) in [6.45, 7) is 16.5. The smallest absolute Gasteiger partial charge is 0.175 e. The summed E-state index contributed by atoms with van der Waals surface area (Å²) in [5.74, 6) is 0. The van der Waals surface area contributed by atoms with E-state index in [1.54, 1.807) is 20.7 Å². The molecule has 0 N–H and O–H groups in total. The average Bonchev–Trinajstić information content (AvgIpc) is 3.00. The highest BCUT2D eigenvalue weighted by Crippen LogP contribution is 2.26. The zero-order chi connectivity index (χ0) is 27.0. The van der Waals surface area contributed by atoms with Crippen molar-refractivity contribution in [2.45, 2.75) is 34.2 Å². The molecule has 4 aromatic carbocycles. The Labute approximate surface area is 234 Å². The van der Waals surface area contributed by atoms with E-state index in [4.69, 9.17) is 0 Å². The van der Waals surface area contributed by atoms with E-state index in [9.17, 15) is 0 Å². The molecular formula is C33H44N2Si3. The Morgan fingerprint density at radius 3 is 0.816 bits per heavy atom. The second kappa shape index (κ2) is 13.0. The highest BCUT2D eigenvalue weighted by Gasteiger charge is 2.60. The largest absolute Gasteiger partial charge is 0.319 e. The van der Waals surface area contributed by atoms with Crippen LogP contribution >= 0.6 is 0 Å². The van der Waals surface area contributed by atoms with Gasteiger partial charge in [-0.25, -0.2) is 0 Å². The quantitative estimate of drug-likeness (QED) is 0.243. The molecule has 0 radical (unpaired) electrons. The fourth-order valence-electron chi connectivity index (χ4n) is 7.13. The predicted octanol–water partition coefficient (Wildman–Crippen LogP) is 4.20. The Kier molecular flexibility index (Phi) is 9.74. The van der Waals surface area contributed by atoms with Crippen LogP contribution in [-0.2, 0) is 0 Å². The van der Waals surface area contributed by atoms with Crippen LogP contribution in [0.25, 0.3) is 0 Å². The molecule has 198 valence electrons. The second-order valence-corrected chi connectivity index (χ2v) is 30.1. The van der Waals surface area contributed by atoms with E-state index < -0.39 is 23.3 Å². The van der Waals surface area contributed by atoms with Gasteiger partial charge in [-0.1, -0.05) is 156 Å². The molecule has 0 heterocycles. The summed E-state index contributed by atoms with van der Waals surface area (Å²) in [6, 6.07) is 46.6. The third-order valence-corrected chi connectivity index (χ3v) is 40.5. The van der Waals surface area contributed by atoms with Gasteiger partial charge >= 0.3 is 0 Å². The third kappa shape index (κ3) is 4.82. The summed E-state index contributed by atoms with van der Waals surface area (Å²) < 4.78 is 5.84. The third-order valence-electron chi connectivity index (χ3n) is 8.63. The van der Waals surface area contributed by atoms with Crippen LogP contribution in [0.4, 0.5) is 0 Å². The molecule has 0 aliphatic carbocycles. The van der Waals surface area contributed by atoms with E-state index in [2.05, 4.69) is 165 Å². The first-order chi connectivity index (χ1) is 18.6. The molecule has 0 saturated heterocycles. The van der Waals surface area contributed by atoms with Crippen molar-refractivity contribution >= 4 is 44.1 Å². The van der Waals surface area contributed by atoms with Crippen LogP contribution in [0.3, 0.4) is 0 Å². The second-order valence-electron chi connectivity index (χ2n) is 10.1. The van der Waals surface area contributed by atoms with Gasteiger partial charge in [0.25, 0.3) is 0 Å². The lowest BCUT2D eigenvalue weighted by Gasteiger charge is -2.55. The molecule has 0 aliphatic heterocycles. The van der Waals surface area contributed by atoms with Crippen LogP contribution < -0.4 is 20.7 Å². The first-order valence-corrected chi connectivity index (χ1v) is 23.0. The van der Waals surface area contributed by atoms with Gasteiger partial charge in [0.1, 0.15) is 0 Å². The van der Waals surface area contributed by atoms with Gasteiger partial charge in [-0.2, -0.15) is 0 Å². The first kappa shape index (κ1) is 28.5. The van der Waals surface area contributed by atoms with Gasteiger partial charge in [0, 0.05) is 0 Å². The minimum absolute atomic E-state index is 1.07. The number of hydrogen-bond donors (Lipinski definition) is 0. The molecule has 0 aromatic heterocycles. The molecule has 0 spiro atoms. The average molecular weight is 553 g/mol. The van der Waals surface area contributed by atoms with E-state index in [1.807, 2.05) is 0 Å². The SMILES string of the molecule is CCN(CC)[Si](c1ccccc1)(c1ccccc1)[SiH](C)[Si](c1ccccc1)(c1ccccc1)N(CC)CC. The minimum atomic E-state index is -2.38. The molecule has 0 aliphatic rings. The van der Waals surface area contributed by atoms with Gasteiger partial charge in [0.2, 0.25) is 0 Å². The molecule has 0 unspecified atom stereocenters. The molecular weight excluding hydrogens is 509 g/mol. The standard InChI is InChI=1S/C33H44N2Si3/c1-6-34(7-2)37(30-22-14-10-15-23-30,31-24-16-11-17-25-31)36(5)38(35(8-3)9-4,32-26-18-12-19-27-32)33-28-20-13-21-29-33/h10-29,36H,6-9H2,1-5H3. The lowest BCUT2D eigenvalue weighted by atomic mass is 10.4. The predicted molar refractivity (Wildman–Crippen MR) is 175 cm³/mol. The molecule has 0 fully saturated rings. The van der Waals surface area contributed by atoms with E-state index in [0.717, 1.165) is 26.2 Å². The van der Waals surface area contributed by atoms with Crippen molar-refractivity contribution in [1.29, 1.82) is 0 Å². The van der Waals surface area contributed by atoms with Crippen LogP contribution in [-0.4, -0.2) is 58.6 Å². The monoisotopic (exact) mass is 552 g/mol. The minimum Gasteiger partial charge on any atom is -0.319 e. The topological polar surface area (TPSA) is 6.48 Å². The molecule has 4 aromatic rings. The Morgan fingerprint density at radius 1 is 0.421 bits per heavy atom. The van der Waals surface area contributed by atoms with Gasteiger partial charge < -0.3 is 9.13 Å². The van der Waals surface area contributed by atoms with Crippen LogP contribution in [0.15, 0.2) is 121 Å². The highest BCUT2D eigenvalue weighted by molar-refractivity contribution is 7.70. The summed E-state index contributed by atoms with van der Waals surface area (Å²) in [4.78, 5) is 0.